The maximum Gasteiger partial charge on any atom is 0.313 e. The van der Waals surface area contributed by atoms with Gasteiger partial charge in [0.25, 0.3) is 0 Å². The van der Waals surface area contributed by atoms with E-state index in [0.717, 1.165) is 44.3 Å². The van der Waals surface area contributed by atoms with E-state index in [1.54, 1.807) is 24.3 Å². The van der Waals surface area contributed by atoms with Crippen LogP contribution in [0.15, 0.2) is 24.3 Å². The van der Waals surface area contributed by atoms with Crippen LogP contribution in [0.5, 0.6) is 5.75 Å². The fourth-order valence-corrected chi connectivity index (χ4v) is 2.65. The normalized spacial score (nSPS) is 15.0. The molecular weight excluding hydrogens is 292 g/mol. The first-order valence-electron chi connectivity index (χ1n) is 8.53. The number of hydrogen-bond acceptors (Lipinski definition) is 3. The fraction of sp³-hybridized carbons (Fsp3) is 0.556. The van der Waals surface area contributed by atoms with Gasteiger partial charge in [0.15, 0.2) is 0 Å². The van der Waals surface area contributed by atoms with Crippen LogP contribution in [0.3, 0.4) is 0 Å². The average Bonchev–Trinajstić information content (AvgIpc) is 2.57. The zero-order valence-corrected chi connectivity index (χ0v) is 13.8. The van der Waals surface area contributed by atoms with E-state index in [-0.39, 0.29) is 6.04 Å². The van der Waals surface area contributed by atoms with Crippen molar-refractivity contribution in [3.05, 3.63) is 24.3 Å². The fourth-order valence-electron chi connectivity index (χ4n) is 2.65. The van der Waals surface area contributed by atoms with Gasteiger partial charge < -0.3 is 15.4 Å². The number of amides is 2. The van der Waals surface area contributed by atoms with Crippen LogP contribution in [0.2, 0.25) is 0 Å². The molecule has 0 aromatic heterocycles. The summed E-state index contributed by atoms with van der Waals surface area (Å²) in [6.07, 6.45) is 7.47. The Morgan fingerprint density at radius 3 is 2.43 bits per heavy atom. The second kappa shape index (κ2) is 9.18. The van der Waals surface area contributed by atoms with Crippen LogP contribution in [0.4, 0.5) is 5.69 Å². The minimum absolute atomic E-state index is 0.136. The summed E-state index contributed by atoms with van der Waals surface area (Å²) in [5, 5.41) is 5.43. The Morgan fingerprint density at radius 2 is 1.78 bits per heavy atom. The number of rotatable bonds is 6. The van der Waals surface area contributed by atoms with Gasteiger partial charge in [-0.25, -0.2) is 0 Å². The van der Waals surface area contributed by atoms with Crippen LogP contribution < -0.4 is 15.4 Å². The van der Waals surface area contributed by atoms with Gasteiger partial charge in [-0.15, -0.1) is 0 Å². The van der Waals surface area contributed by atoms with E-state index in [4.69, 9.17) is 4.74 Å². The SMILES string of the molecule is CCCCOc1ccc(NC(=O)C(=O)NC2CCCCC2)cc1. The molecule has 5 heteroatoms. The van der Waals surface area contributed by atoms with Crippen molar-refractivity contribution in [2.24, 2.45) is 0 Å². The minimum Gasteiger partial charge on any atom is -0.494 e. The van der Waals surface area contributed by atoms with E-state index in [1.807, 2.05) is 0 Å². The maximum absolute atomic E-state index is 11.9. The van der Waals surface area contributed by atoms with E-state index >= 15 is 0 Å². The molecule has 0 spiro atoms. The first kappa shape index (κ1) is 17.3. The van der Waals surface area contributed by atoms with Gasteiger partial charge in [0.2, 0.25) is 0 Å². The molecule has 0 radical (unpaired) electrons. The topological polar surface area (TPSA) is 67.4 Å². The summed E-state index contributed by atoms with van der Waals surface area (Å²) >= 11 is 0. The molecule has 0 unspecified atom stereocenters. The van der Waals surface area contributed by atoms with Gasteiger partial charge in [-0.3, -0.25) is 9.59 Å². The van der Waals surface area contributed by atoms with Crippen molar-refractivity contribution >= 4 is 17.5 Å². The van der Waals surface area contributed by atoms with E-state index in [1.165, 1.54) is 6.42 Å². The number of unbranched alkanes of at least 4 members (excludes halogenated alkanes) is 1. The van der Waals surface area contributed by atoms with Crippen LogP contribution in [-0.4, -0.2) is 24.5 Å². The van der Waals surface area contributed by atoms with Crippen molar-refractivity contribution in [2.75, 3.05) is 11.9 Å². The zero-order chi connectivity index (χ0) is 16.5. The van der Waals surface area contributed by atoms with Gasteiger partial charge in [-0.05, 0) is 43.5 Å². The zero-order valence-electron chi connectivity index (χ0n) is 13.8. The molecule has 23 heavy (non-hydrogen) atoms. The molecule has 1 aromatic carbocycles. The Morgan fingerprint density at radius 1 is 1.09 bits per heavy atom. The van der Waals surface area contributed by atoms with Gasteiger partial charge in [0, 0.05) is 11.7 Å². The summed E-state index contributed by atoms with van der Waals surface area (Å²) in [4.78, 5) is 23.8. The van der Waals surface area contributed by atoms with E-state index in [0.29, 0.717) is 12.3 Å². The molecule has 0 saturated heterocycles. The Hall–Kier alpha value is -2.04. The van der Waals surface area contributed by atoms with E-state index < -0.39 is 11.8 Å². The van der Waals surface area contributed by atoms with Crippen molar-refractivity contribution in [1.29, 1.82) is 0 Å². The average molecular weight is 318 g/mol. The second-order valence-electron chi connectivity index (χ2n) is 5.99. The lowest BCUT2D eigenvalue weighted by Gasteiger charge is -2.22. The van der Waals surface area contributed by atoms with Crippen LogP contribution in [0.1, 0.15) is 51.9 Å². The summed E-state index contributed by atoms with van der Waals surface area (Å²) in [6, 6.07) is 7.21. The van der Waals surface area contributed by atoms with Crippen LogP contribution in [-0.2, 0) is 9.59 Å². The first-order chi connectivity index (χ1) is 11.2. The maximum atomic E-state index is 11.9. The number of ether oxygens (including phenoxy) is 1. The molecule has 2 amide bonds. The predicted molar refractivity (Wildman–Crippen MR) is 90.5 cm³/mol. The molecule has 126 valence electrons. The Bertz CT molecular complexity index is 508. The lowest BCUT2D eigenvalue weighted by Crippen LogP contribution is -2.42. The summed E-state index contributed by atoms with van der Waals surface area (Å²) in [6.45, 7) is 2.80. The smallest absolute Gasteiger partial charge is 0.313 e. The third-order valence-corrected chi connectivity index (χ3v) is 4.03. The van der Waals surface area contributed by atoms with Crippen molar-refractivity contribution in [1.82, 2.24) is 5.32 Å². The highest BCUT2D eigenvalue weighted by atomic mass is 16.5. The Labute approximate surface area is 137 Å². The standard InChI is InChI=1S/C18H26N2O3/c1-2-3-13-23-16-11-9-15(10-12-16)20-18(22)17(21)19-14-7-5-4-6-8-14/h9-12,14H,2-8,13H2,1H3,(H,19,21)(H,20,22). The molecule has 2 rings (SSSR count). The Kier molecular flexibility index (Phi) is 6.91. The van der Waals surface area contributed by atoms with Crippen molar-refractivity contribution in [2.45, 2.75) is 57.9 Å². The van der Waals surface area contributed by atoms with Gasteiger partial charge in [-0.2, -0.15) is 0 Å². The highest BCUT2D eigenvalue weighted by molar-refractivity contribution is 6.39. The van der Waals surface area contributed by atoms with Gasteiger partial charge in [0.05, 0.1) is 6.61 Å². The molecule has 0 bridgehead atoms. The van der Waals surface area contributed by atoms with Crippen molar-refractivity contribution < 1.29 is 14.3 Å². The molecular formula is C18H26N2O3. The molecule has 0 atom stereocenters. The summed E-state index contributed by atoms with van der Waals surface area (Å²) in [7, 11) is 0. The van der Waals surface area contributed by atoms with Gasteiger partial charge in [-0.1, -0.05) is 32.6 Å². The molecule has 1 aromatic rings. The molecule has 1 aliphatic rings. The van der Waals surface area contributed by atoms with Crippen molar-refractivity contribution in [3.63, 3.8) is 0 Å². The number of hydrogen-bond donors (Lipinski definition) is 2. The monoisotopic (exact) mass is 318 g/mol. The van der Waals surface area contributed by atoms with Gasteiger partial charge in [0.1, 0.15) is 5.75 Å². The minimum atomic E-state index is -0.616. The molecule has 1 fully saturated rings. The van der Waals surface area contributed by atoms with Crippen molar-refractivity contribution in [3.8, 4) is 5.75 Å². The highest BCUT2D eigenvalue weighted by Crippen LogP contribution is 2.18. The molecule has 1 saturated carbocycles. The number of carbonyl (C=O) groups is 2. The third kappa shape index (κ3) is 5.93. The van der Waals surface area contributed by atoms with Crippen LogP contribution in [0, 0.1) is 0 Å². The lowest BCUT2D eigenvalue weighted by molar-refractivity contribution is -0.136. The number of nitrogens with one attached hydrogen (secondary N) is 2. The Balaban J connectivity index is 1.78. The molecule has 1 aliphatic carbocycles. The highest BCUT2D eigenvalue weighted by Gasteiger charge is 2.20. The van der Waals surface area contributed by atoms with Crippen LogP contribution >= 0.6 is 0 Å². The number of anilines is 1. The molecule has 2 N–H and O–H groups in total. The van der Waals surface area contributed by atoms with E-state index in [9.17, 15) is 9.59 Å². The largest absolute Gasteiger partial charge is 0.494 e. The number of carbonyl (C=O) groups excluding carboxylic acids is 2. The van der Waals surface area contributed by atoms with Gasteiger partial charge >= 0.3 is 11.8 Å². The second-order valence-corrected chi connectivity index (χ2v) is 5.99. The summed E-state index contributed by atoms with van der Waals surface area (Å²) in [5.41, 5.74) is 0.594. The molecule has 0 aliphatic heterocycles. The summed E-state index contributed by atoms with van der Waals surface area (Å²) < 4.78 is 5.56. The van der Waals surface area contributed by atoms with E-state index in [2.05, 4.69) is 17.6 Å². The third-order valence-electron chi connectivity index (χ3n) is 4.03. The lowest BCUT2D eigenvalue weighted by atomic mass is 9.95. The first-order valence-corrected chi connectivity index (χ1v) is 8.53. The molecule has 0 heterocycles. The summed E-state index contributed by atoms with van der Waals surface area (Å²) in [5.74, 6) is -0.404. The predicted octanol–water partition coefficient (Wildman–Crippen LogP) is 3.25. The molecule has 5 nitrogen and oxygen atoms in total. The van der Waals surface area contributed by atoms with Crippen LogP contribution in [0.25, 0.3) is 0 Å². The number of benzene rings is 1. The quantitative estimate of drug-likeness (QED) is 0.625.